The van der Waals surface area contributed by atoms with Crippen LogP contribution in [0.4, 0.5) is 0 Å². The van der Waals surface area contributed by atoms with Crippen molar-refractivity contribution in [3.63, 3.8) is 0 Å². The highest BCUT2D eigenvalue weighted by Crippen LogP contribution is 2.33. The maximum atomic E-state index is 12.4. The fraction of sp³-hybridized carbons (Fsp3) is 0.600. The molecule has 5 heteroatoms. The predicted molar refractivity (Wildman–Crippen MR) is 78.5 cm³/mol. The molecule has 2 N–H and O–H groups in total. The quantitative estimate of drug-likeness (QED) is 0.877. The smallest absolute Gasteiger partial charge is 0.307 e. The van der Waals surface area contributed by atoms with Crippen LogP contribution in [0.5, 0.6) is 0 Å². The highest BCUT2D eigenvalue weighted by Gasteiger charge is 2.38. The van der Waals surface area contributed by atoms with Crippen LogP contribution in [0, 0.1) is 17.8 Å². The van der Waals surface area contributed by atoms with Crippen molar-refractivity contribution in [1.82, 2.24) is 5.32 Å². The van der Waals surface area contributed by atoms with E-state index in [0.29, 0.717) is 12.8 Å². The molecule has 20 heavy (non-hydrogen) atoms. The van der Waals surface area contributed by atoms with Gasteiger partial charge in [0.1, 0.15) is 0 Å². The first kappa shape index (κ1) is 15.0. The molecule has 1 saturated carbocycles. The van der Waals surface area contributed by atoms with Gasteiger partial charge in [-0.15, -0.1) is 11.3 Å². The highest BCUT2D eigenvalue weighted by atomic mass is 32.1. The maximum absolute atomic E-state index is 12.4. The van der Waals surface area contributed by atoms with Crippen molar-refractivity contribution >= 4 is 23.2 Å². The van der Waals surface area contributed by atoms with Crippen molar-refractivity contribution in [3.8, 4) is 0 Å². The number of thiophene rings is 1. The third-order valence-electron chi connectivity index (χ3n) is 3.98. The predicted octanol–water partition coefficient (Wildman–Crippen LogP) is 3.06. The van der Waals surface area contributed by atoms with Gasteiger partial charge in [-0.1, -0.05) is 26.3 Å². The average Bonchev–Trinajstić information content (AvgIpc) is 3.05. The van der Waals surface area contributed by atoms with E-state index in [0.717, 1.165) is 11.3 Å². The molecule has 0 radical (unpaired) electrons. The van der Waals surface area contributed by atoms with E-state index < -0.39 is 11.9 Å². The molecule has 1 fully saturated rings. The van der Waals surface area contributed by atoms with Crippen molar-refractivity contribution in [2.24, 2.45) is 17.8 Å². The Morgan fingerprint density at radius 2 is 2.05 bits per heavy atom. The van der Waals surface area contributed by atoms with Crippen molar-refractivity contribution < 1.29 is 14.7 Å². The van der Waals surface area contributed by atoms with E-state index in [1.165, 1.54) is 0 Å². The molecule has 1 unspecified atom stereocenters. The summed E-state index contributed by atoms with van der Waals surface area (Å²) < 4.78 is 0. The lowest BCUT2D eigenvalue weighted by atomic mass is 9.94. The Hall–Kier alpha value is -1.36. The molecule has 1 aliphatic carbocycles. The summed E-state index contributed by atoms with van der Waals surface area (Å²) in [6.45, 7) is 4.13. The lowest BCUT2D eigenvalue weighted by Crippen LogP contribution is -2.38. The molecule has 0 aromatic carbocycles. The normalized spacial score (nSPS) is 23.8. The topological polar surface area (TPSA) is 66.4 Å². The van der Waals surface area contributed by atoms with Gasteiger partial charge in [0.15, 0.2) is 0 Å². The molecule has 110 valence electrons. The van der Waals surface area contributed by atoms with Crippen molar-refractivity contribution in [2.75, 3.05) is 0 Å². The number of carboxylic acid groups (broad SMARTS) is 1. The number of rotatable bonds is 5. The van der Waals surface area contributed by atoms with E-state index in [2.05, 4.69) is 19.2 Å². The number of nitrogens with one attached hydrogen (secondary N) is 1. The minimum atomic E-state index is -0.847. The molecule has 1 amide bonds. The van der Waals surface area contributed by atoms with E-state index in [1.54, 1.807) is 11.3 Å². The van der Waals surface area contributed by atoms with Gasteiger partial charge in [-0.2, -0.15) is 0 Å². The fourth-order valence-corrected chi connectivity index (χ4v) is 3.81. The summed E-state index contributed by atoms with van der Waals surface area (Å²) in [5.74, 6) is -1.58. The Balaban J connectivity index is 2.07. The summed E-state index contributed by atoms with van der Waals surface area (Å²) in [4.78, 5) is 24.7. The monoisotopic (exact) mass is 295 g/mol. The van der Waals surface area contributed by atoms with Gasteiger partial charge >= 0.3 is 5.97 Å². The first-order valence-electron chi connectivity index (χ1n) is 7.07. The Bertz CT molecular complexity index is 469. The molecule has 1 aromatic heterocycles. The standard InChI is InChI=1S/C15H21NO3S/c1-9(2)13(12-7-4-8-20-12)16-14(17)10-5-3-6-11(10)15(18)19/h4,7-11,13H,3,5-6H2,1-2H3,(H,16,17)(H,18,19)/t10-,11+,13?/m1/s1. The van der Waals surface area contributed by atoms with E-state index in [9.17, 15) is 14.7 Å². The van der Waals surface area contributed by atoms with Gasteiger partial charge in [0, 0.05) is 4.88 Å². The van der Waals surface area contributed by atoms with E-state index in [4.69, 9.17) is 0 Å². The van der Waals surface area contributed by atoms with Crippen LogP contribution in [0.2, 0.25) is 0 Å². The molecule has 0 spiro atoms. The van der Waals surface area contributed by atoms with Gasteiger partial charge in [0.25, 0.3) is 0 Å². The Morgan fingerprint density at radius 3 is 2.60 bits per heavy atom. The number of amides is 1. The SMILES string of the molecule is CC(C)C(NC(=O)[C@@H]1CCC[C@@H]1C(=O)O)c1cccs1. The van der Waals surface area contributed by atoms with Crippen LogP contribution in [0.25, 0.3) is 0 Å². The fourth-order valence-electron chi connectivity index (χ4n) is 2.86. The first-order chi connectivity index (χ1) is 9.50. The summed E-state index contributed by atoms with van der Waals surface area (Å²) in [6, 6.07) is 3.95. The number of hydrogen-bond donors (Lipinski definition) is 2. The third kappa shape index (κ3) is 3.20. The largest absolute Gasteiger partial charge is 0.481 e. The second-order valence-electron chi connectivity index (χ2n) is 5.73. The van der Waals surface area contributed by atoms with Gasteiger partial charge in [-0.3, -0.25) is 9.59 Å². The summed E-state index contributed by atoms with van der Waals surface area (Å²) in [5, 5.41) is 14.2. The van der Waals surface area contributed by atoms with Crippen LogP contribution in [0.3, 0.4) is 0 Å². The molecule has 0 saturated heterocycles. The van der Waals surface area contributed by atoms with Gasteiger partial charge in [-0.05, 0) is 30.2 Å². The van der Waals surface area contributed by atoms with E-state index in [-0.39, 0.29) is 23.8 Å². The molecular weight excluding hydrogens is 274 g/mol. The van der Waals surface area contributed by atoms with Crippen LogP contribution in [-0.4, -0.2) is 17.0 Å². The maximum Gasteiger partial charge on any atom is 0.307 e. The lowest BCUT2D eigenvalue weighted by Gasteiger charge is -2.24. The van der Waals surface area contributed by atoms with Gasteiger partial charge in [0.2, 0.25) is 5.91 Å². The molecule has 1 aliphatic rings. The van der Waals surface area contributed by atoms with Crippen LogP contribution in [-0.2, 0) is 9.59 Å². The number of hydrogen-bond acceptors (Lipinski definition) is 3. The van der Waals surface area contributed by atoms with Crippen LogP contribution in [0.1, 0.15) is 44.0 Å². The Labute approximate surface area is 123 Å². The summed E-state index contributed by atoms with van der Waals surface area (Å²) >= 11 is 1.62. The van der Waals surface area contributed by atoms with Gasteiger partial charge in [-0.25, -0.2) is 0 Å². The van der Waals surface area contributed by atoms with Crippen LogP contribution >= 0.6 is 11.3 Å². The molecule has 0 bridgehead atoms. The lowest BCUT2D eigenvalue weighted by molar-refractivity contribution is -0.146. The minimum Gasteiger partial charge on any atom is -0.481 e. The summed E-state index contributed by atoms with van der Waals surface area (Å²) in [7, 11) is 0. The number of carbonyl (C=O) groups is 2. The molecule has 0 aliphatic heterocycles. The average molecular weight is 295 g/mol. The number of carboxylic acids is 1. The van der Waals surface area contributed by atoms with Crippen molar-refractivity contribution in [1.29, 1.82) is 0 Å². The highest BCUT2D eigenvalue weighted by molar-refractivity contribution is 7.10. The second kappa shape index (κ2) is 6.39. The van der Waals surface area contributed by atoms with Gasteiger partial charge < -0.3 is 10.4 Å². The first-order valence-corrected chi connectivity index (χ1v) is 7.95. The van der Waals surface area contributed by atoms with Crippen LogP contribution in [0.15, 0.2) is 17.5 Å². The van der Waals surface area contributed by atoms with E-state index >= 15 is 0 Å². The van der Waals surface area contributed by atoms with Crippen molar-refractivity contribution in [3.05, 3.63) is 22.4 Å². The van der Waals surface area contributed by atoms with Crippen molar-refractivity contribution in [2.45, 2.75) is 39.2 Å². The summed E-state index contributed by atoms with van der Waals surface area (Å²) in [5.41, 5.74) is 0. The Morgan fingerprint density at radius 1 is 1.35 bits per heavy atom. The van der Waals surface area contributed by atoms with Gasteiger partial charge in [0.05, 0.1) is 17.9 Å². The zero-order chi connectivity index (χ0) is 14.7. The second-order valence-corrected chi connectivity index (χ2v) is 6.71. The zero-order valence-corrected chi connectivity index (χ0v) is 12.7. The molecule has 4 nitrogen and oxygen atoms in total. The molecule has 1 heterocycles. The molecule has 1 aromatic rings. The minimum absolute atomic E-state index is 0.0301. The van der Waals surface area contributed by atoms with E-state index in [1.807, 2.05) is 17.5 Å². The summed E-state index contributed by atoms with van der Waals surface area (Å²) in [6.07, 6.45) is 2.11. The third-order valence-corrected chi connectivity index (χ3v) is 4.94. The number of carbonyl (C=O) groups excluding carboxylic acids is 1. The molecule has 2 rings (SSSR count). The molecular formula is C15H21NO3S. The Kier molecular flexibility index (Phi) is 4.81. The van der Waals surface area contributed by atoms with Crippen LogP contribution < -0.4 is 5.32 Å². The number of aliphatic carboxylic acids is 1. The molecule has 3 atom stereocenters. The zero-order valence-electron chi connectivity index (χ0n) is 11.8.